The number of rotatable bonds is 6. The van der Waals surface area contributed by atoms with E-state index in [-0.39, 0.29) is 11.7 Å². The molecule has 1 aliphatic heterocycles. The van der Waals surface area contributed by atoms with Gasteiger partial charge in [0.25, 0.3) is 5.91 Å². The van der Waals surface area contributed by atoms with Gasteiger partial charge in [0.1, 0.15) is 11.6 Å². The quantitative estimate of drug-likeness (QED) is 0.565. The van der Waals surface area contributed by atoms with Gasteiger partial charge in [-0.2, -0.15) is 0 Å². The van der Waals surface area contributed by atoms with E-state index in [0.29, 0.717) is 17.1 Å². The molecule has 0 unspecified atom stereocenters. The Hall–Kier alpha value is -2.96. The van der Waals surface area contributed by atoms with Crippen molar-refractivity contribution < 1.29 is 9.18 Å². The molecule has 0 radical (unpaired) electrons. The van der Waals surface area contributed by atoms with E-state index in [1.54, 1.807) is 24.4 Å². The van der Waals surface area contributed by atoms with Gasteiger partial charge in [-0.15, -0.1) is 0 Å². The summed E-state index contributed by atoms with van der Waals surface area (Å²) >= 11 is 6.14. The van der Waals surface area contributed by atoms with Crippen LogP contribution in [0.4, 0.5) is 10.2 Å². The second-order valence-electron chi connectivity index (χ2n) is 8.36. The van der Waals surface area contributed by atoms with Gasteiger partial charge < -0.3 is 10.2 Å². The number of hydrogen-bond acceptors (Lipinski definition) is 4. The molecule has 7 heteroatoms. The fourth-order valence-electron chi connectivity index (χ4n) is 4.08. The van der Waals surface area contributed by atoms with Gasteiger partial charge in [0.2, 0.25) is 0 Å². The van der Waals surface area contributed by atoms with Crippen molar-refractivity contribution in [3.63, 3.8) is 0 Å². The van der Waals surface area contributed by atoms with E-state index < -0.39 is 0 Å². The van der Waals surface area contributed by atoms with Crippen LogP contribution < -0.4 is 10.2 Å². The third-order valence-corrected chi connectivity index (χ3v) is 6.42. The first-order valence-electron chi connectivity index (χ1n) is 11.2. The molecule has 4 rings (SSSR count). The number of nitrogens with one attached hydrogen (secondary N) is 1. The Labute approximate surface area is 199 Å². The first-order chi connectivity index (χ1) is 16.0. The molecule has 1 saturated heterocycles. The second-order valence-corrected chi connectivity index (χ2v) is 8.77. The molecule has 1 amide bonds. The highest BCUT2D eigenvalue weighted by Gasteiger charge is 2.17. The van der Waals surface area contributed by atoms with E-state index in [2.05, 4.69) is 20.1 Å². The highest BCUT2D eigenvalue weighted by molar-refractivity contribution is 6.31. The lowest BCUT2D eigenvalue weighted by Gasteiger charge is -2.23. The molecule has 33 heavy (non-hydrogen) atoms. The topological polar surface area (TPSA) is 48.5 Å². The summed E-state index contributed by atoms with van der Waals surface area (Å²) < 4.78 is 13.2. The highest BCUT2D eigenvalue weighted by Crippen LogP contribution is 2.20. The maximum atomic E-state index is 13.2. The maximum Gasteiger partial charge on any atom is 0.251 e. The van der Waals surface area contributed by atoms with Crippen molar-refractivity contribution in [3.8, 4) is 0 Å². The first kappa shape index (κ1) is 23.2. The van der Waals surface area contributed by atoms with E-state index >= 15 is 0 Å². The molecule has 2 aromatic carbocycles. The standard InChI is InChI=1S/C26H28ClFN4O/c1-19-23(4-2-5-24(19)27)26(33)30-17-21-10-11-29-25(16-21)32-13-3-12-31(14-15-32)18-20-6-8-22(28)9-7-20/h2,4-11,16H,3,12-15,17-18H2,1H3,(H,30,33). The fourth-order valence-corrected chi connectivity index (χ4v) is 4.26. The molecule has 1 aliphatic rings. The summed E-state index contributed by atoms with van der Waals surface area (Å²) in [7, 11) is 0. The van der Waals surface area contributed by atoms with Crippen molar-refractivity contribution in [1.82, 2.24) is 15.2 Å². The Balaban J connectivity index is 1.34. The van der Waals surface area contributed by atoms with Crippen LogP contribution in [0.2, 0.25) is 5.02 Å². The summed E-state index contributed by atoms with van der Waals surface area (Å²) in [6.07, 6.45) is 2.82. The Morgan fingerprint density at radius 2 is 1.88 bits per heavy atom. The normalized spacial score (nSPS) is 14.7. The molecule has 172 valence electrons. The van der Waals surface area contributed by atoms with Crippen LogP contribution in [-0.4, -0.2) is 42.0 Å². The number of hydrogen-bond donors (Lipinski definition) is 1. The summed E-state index contributed by atoms with van der Waals surface area (Å²) in [6.45, 7) is 6.77. The molecule has 0 aliphatic carbocycles. The maximum absolute atomic E-state index is 13.2. The molecule has 0 saturated carbocycles. The summed E-state index contributed by atoms with van der Waals surface area (Å²) in [5.41, 5.74) is 3.49. The number of anilines is 1. The molecule has 5 nitrogen and oxygen atoms in total. The van der Waals surface area contributed by atoms with E-state index in [0.717, 1.165) is 61.7 Å². The molecule has 0 atom stereocenters. The molecule has 1 fully saturated rings. The van der Waals surface area contributed by atoms with E-state index in [1.165, 1.54) is 12.1 Å². The molecule has 0 spiro atoms. The van der Waals surface area contributed by atoms with Gasteiger partial charge in [-0.3, -0.25) is 9.69 Å². The van der Waals surface area contributed by atoms with Crippen molar-refractivity contribution in [2.24, 2.45) is 0 Å². The number of carbonyl (C=O) groups excluding carboxylic acids is 1. The van der Waals surface area contributed by atoms with Gasteiger partial charge >= 0.3 is 0 Å². The van der Waals surface area contributed by atoms with Crippen LogP contribution in [0.3, 0.4) is 0 Å². The van der Waals surface area contributed by atoms with Gasteiger partial charge in [0.05, 0.1) is 0 Å². The molecular formula is C26H28ClFN4O. The number of carbonyl (C=O) groups is 1. The van der Waals surface area contributed by atoms with E-state index in [4.69, 9.17) is 11.6 Å². The molecule has 0 bridgehead atoms. The Morgan fingerprint density at radius 3 is 2.70 bits per heavy atom. The fraction of sp³-hybridized carbons (Fsp3) is 0.308. The lowest BCUT2D eigenvalue weighted by molar-refractivity contribution is 0.0950. The zero-order chi connectivity index (χ0) is 23.2. The molecular weight excluding hydrogens is 439 g/mol. The zero-order valence-electron chi connectivity index (χ0n) is 18.7. The minimum Gasteiger partial charge on any atom is -0.355 e. The lowest BCUT2D eigenvalue weighted by Crippen LogP contribution is -2.31. The number of aromatic nitrogens is 1. The Kier molecular flexibility index (Phi) is 7.57. The van der Waals surface area contributed by atoms with Crippen molar-refractivity contribution in [2.75, 3.05) is 31.1 Å². The highest BCUT2D eigenvalue weighted by atomic mass is 35.5. The second kappa shape index (κ2) is 10.8. The Morgan fingerprint density at radius 1 is 1.06 bits per heavy atom. The largest absolute Gasteiger partial charge is 0.355 e. The third kappa shape index (κ3) is 6.09. The van der Waals surface area contributed by atoms with Crippen LogP contribution in [0.15, 0.2) is 60.8 Å². The van der Waals surface area contributed by atoms with Gasteiger partial charge in [-0.25, -0.2) is 9.37 Å². The molecule has 3 aromatic rings. The molecule has 1 N–H and O–H groups in total. The summed E-state index contributed by atoms with van der Waals surface area (Å²) in [5.74, 6) is 0.578. The van der Waals surface area contributed by atoms with Crippen molar-refractivity contribution >= 4 is 23.3 Å². The summed E-state index contributed by atoms with van der Waals surface area (Å²) in [4.78, 5) is 21.9. The number of benzene rings is 2. The average Bonchev–Trinajstić information content (AvgIpc) is 3.06. The van der Waals surface area contributed by atoms with Crippen LogP contribution in [0.1, 0.15) is 33.5 Å². The van der Waals surface area contributed by atoms with E-state index in [1.807, 2.05) is 31.2 Å². The SMILES string of the molecule is Cc1c(Cl)cccc1C(=O)NCc1ccnc(N2CCCN(Cc3ccc(F)cc3)CC2)c1. The number of pyridine rings is 1. The van der Waals surface area contributed by atoms with E-state index in [9.17, 15) is 9.18 Å². The van der Waals surface area contributed by atoms with Crippen LogP contribution in [0.5, 0.6) is 0 Å². The van der Waals surface area contributed by atoms with Crippen molar-refractivity contribution in [3.05, 3.63) is 93.9 Å². The number of halogens is 2. The number of amides is 1. The van der Waals surface area contributed by atoms with Crippen molar-refractivity contribution in [2.45, 2.75) is 26.4 Å². The average molecular weight is 467 g/mol. The Bertz CT molecular complexity index is 1110. The predicted molar refractivity (Wildman–Crippen MR) is 130 cm³/mol. The van der Waals surface area contributed by atoms with Gasteiger partial charge in [-0.1, -0.05) is 29.8 Å². The smallest absolute Gasteiger partial charge is 0.251 e. The minimum atomic E-state index is -0.203. The first-order valence-corrected chi connectivity index (χ1v) is 11.6. The van der Waals surface area contributed by atoms with Crippen molar-refractivity contribution in [1.29, 1.82) is 0 Å². The minimum absolute atomic E-state index is 0.139. The van der Waals surface area contributed by atoms with Crippen LogP contribution in [0.25, 0.3) is 0 Å². The number of nitrogens with zero attached hydrogens (tertiary/aromatic N) is 3. The van der Waals surface area contributed by atoms with Gasteiger partial charge in [0.15, 0.2) is 0 Å². The predicted octanol–water partition coefficient (Wildman–Crippen LogP) is 4.82. The van der Waals surface area contributed by atoms with Gasteiger partial charge in [-0.05, 0) is 66.4 Å². The van der Waals surface area contributed by atoms with Gasteiger partial charge in [0, 0.05) is 56.1 Å². The summed E-state index contributed by atoms with van der Waals surface area (Å²) in [6, 6.07) is 16.0. The monoisotopic (exact) mass is 466 g/mol. The van der Waals surface area contributed by atoms with Crippen LogP contribution in [0, 0.1) is 12.7 Å². The molecule has 1 aromatic heterocycles. The van der Waals surface area contributed by atoms with Crippen LogP contribution >= 0.6 is 11.6 Å². The zero-order valence-corrected chi connectivity index (χ0v) is 19.5. The third-order valence-electron chi connectivity index (χ3n) is 6.01. The lowest BCUT2D eigenvalue weighted by atomic mass is 10.1. The van der Waals surface area contributed by atoms with Crippen LogP contribution in [-0.2, 0) is 13.1 Å². The summed E-state index contributed by atoms with van der Waals surface area (Å²) in [5, 5.41) is 3.57. The molecule has 2 heterocycles.